The summed E-state index contributed by atoms with van der Waals surface area (Å²) in [6.45, 7) is 5.91. The molecule has 0 saturated heterocycles. The van der Waals surface area contributed by atoms with Crippen molar-refractivity contribution < 1.29 is 9.59 Å². The highest BCUT2D eigenvalue weighted by molar-refractivity contribution is 5.76. The molecule has 20 heavy (non-hydrogen) atoms. The molecule has 3 heteroatoms. The lowest BCUT2D eigenvalue weighted by atomic mass is 10.1. The summed E-state index contributed by atoms with van der Waals surface area (Å²) in [7, 11) is 0. The molecule has 0 heterocycles. The monoisotopic (exact) mass is 269 g/mol. The van der Waals surface area contributed by atoms with E-state index in [-0.39, 0.29) is 0 Å². The lowest BCUT2D eigenvalue weighted by Crippen LogP contribution is -1.90. The van der Waals surface area contributed by atoms with Gasteiger partial charge in [0.05, 0.1) is 0 Å². The summed E-state index contributed by atoms with van der Waals surface area (Å²) in [5.41, 5.74) is 11.0. The second-order valence-corrected chi connectivity index (χ2v) is 4.70. The van der Waals surface area contributed by atoms with Gasteiger partial charge < -0.3 is 5.73 Å². The predicted molar refractivity (Wildman–Crippen MR) is 82.3 cm³/mol. The van der Waals surface area contributed by atoms with Crippen molar-refractivity contribution in [2.45, 2.75) is 20.8 Å². The van der Waals surface area contributed by atoms with E-state index in [0.29, 0.717) is 5.56 Å². The number of aryl methyl sites for hydroxylation is 3. The Labute approximate surface area is 119 Å². The average molecular weight is 269 g/mol. The number of benzene rings is 2. The summed E-state index contributed by atoms with van der Waals surface area (Å²) in [6, 6.07) is 10.9. The predicted octanol–water partition coefficient (Wildman–Crippen LogP) is 3.51. The van der Waals surface area contributed by atoms with Crippen LogP contribution in [0.4, 0.5) is 5.69 Å². The van der Waals surface area contributed by atoms with Crippen LogP contribution >= 0.6 is 0 Å². The molecule has 0 saturated carbocycles. The minimum absolute atomic E-state index is 0.673. The van der Waals surface area contributed by atoms with E-state index in [1.54, 1.807) is 18.2 Å². The summed E-state index contributed by atoms with van der Waals surface area (Å²) in [6.07, 6.45) is 1.68. The normalized spacial score (nSPS) is 9.35. The van der Waals surface area contributed by atoms with Crippen LogP contribution in [0.5, 0.6) is 0 Å². The highest BCUT2D eigenvalue weighted by Crippen LogP contribution is 2.10. The maximum absolute atomic E-state index is 10.3. The Morgan fingerprint density at radius 1 is 0.750 bits per heavy atom. The molecule has 0 spiro atoms. The molecule has 0 fully saturated rings. The van der Waals surface area contributed by atoms with E-state index in [1.165, 1.54) is 11.1 Å². The first-order valence-corrected chi connectivity index (χ1v) is 6.31. The van der Waals surface area contributed by atoms with Crippen molar-refractivity contribution in [3.63, 3.8) is 0 Å². The Morgan fingerprint density at radius 3 is 1.70 bits per heavy atom. The minimum Gasteiger partial charge on any atom is -0.399 e. The van der Waals surface area contributed by atoms with Gasteiger partial charge in [-0.25, -0.2) is 0 Å². The summed E-state index contributed by atoms with van der Waals surface area (Å²) in [5, 5.41) is 0. The zero-order chi connectivity index (χ0) is 15.1. The molecule has 0 radical (unpaired) electrons. The number of aldehydes is 2. The molecule has 0 unspecified atom stereocenters. The van der Waals surface area contributed by atoms with E-state index in [9.17, 15) is 9.59 Å². The number of rotatable bonds is 2. The zero-order valence-corrected chi connectivity index (χ0v) is 12.0. The fourth-order valence-corrected chi connectivity index (χ4v) is 1.61. The second-order valence-electron chi connectivity index (χ2n) is 4.70. The fraction of sp³-hybridized carbons (Fsp3) is 0.176. The molecule has 3 nitrogen and oxygen atoms in total. The van der Waals surface area contributed by atoms with Crippen molar-refractivity contribution in [2.24, 2.45) is 0 Å². The Hall–Kier alpha value is -2.42. The van der Waals surface area contributed by atoms with Gasteiger partial charge in [-0.05, 0) is 61.7 Å². The quantitative estimate of drug-likeness (QED) is 0.670. The van der Waals surface area contributed by atoms with Gasteiger partial charge in [-0.1, -0.05) is 12.1 Å². The van der Waals surface area contributed by atoms with Crippen molar-refractivity contribution >= 4 is 18.3 Å². The topological polar surface area (TPSA) is 60.2 Å². The number of anilines is 1. The molecular formula is C17H19NO2. The number of hydrogen-bond acceptors (Lipinski definition) is 3. The molecule has 0 amide bonds. The highest BCUT2D eigenvalue weighted by atomic mass is 16.1. The summed E-state index contributed by atoms with van der Waals surface area (Å²) < 4.78 is 0. The first kappa shape index (κ1) is 15.6. The van der Waals surface area contributed by atoms with Crippen molar-refractivity contribution in [3.05, 3.63) is 64.2 Å². The van der Waals surface area contributed by atoms with Gasteiger partial charge in [-0.2, -0.15) is 0 Å². The van der Waals surface area contributed by atoms with Gasteiger partial charge in [-0.3, -0.25) is 9.59 Å². The molecule has 2 aromatic rings. The van der Waals surface area contributed by atoms with Crippen LogP contribution in [0.1, 0.15) is 37.4 Å². The minimum atomic E-state index is 0.673. The van der Waals surface area contributed by atoms with E-state index in [0.717, 1.165) is 29.4 Å². The first-order valence-electron chi connectivity index (χ1n) is 6.31. The Morgan fingerprint density at radius 2 is 1.25 bits per heavy atom. The Bertz CT molecular complexity index is 563. The van der Waals surface area contributed by atoms with E-state index < -0.39 is 0 Å². The molecule has 0 atom stereocenters. The van der Waals surface area contributed by atoms with Crippen LogP contribution in [0.3, 0.4) is 0 Å². The summed E-state index contributed by atoms with van der Waals surface area (Å²) >= 11 is 0. The number of nitrogen functional groups attached to an aromatic ring is 1. The summed E-state index contributed by atoms with van der Waals surface area (Å²) in [5.74, 6) is 0. The van der Waals surface area contributed by atoms with Crippen molar-refractivity contribution in [1.29, 1.82) is 0 Å². The average Bonchev–Trinajstić information content (AvgIpc) is 2.45. The van der Waals surface area contributed by atoms with E-state index in [2.05, 4.69) is 0 Å². The molecule has 104 valence electrons. The van der Waals surface area contributed by atoms with Gasteiger partial charge in [0, 0.05) is 16.8 Å². The van der Waals surface area contributed by atoms with Gasteiger partial charge >= 0.3 is 0 Å². The standard InChI is InChI=1S/C9H10O.C8H9NO/c1-7-3-4-9(6-10)5-8(7)2;1-6-4-7(5-10)2-3-8(6)9/h3-6H,1-2H3;2-5H,9H2,1H3. The number of hydrogen-bond donors (Lipinski definition) is 1. The van der Waals surface area contributed by atoms with Crippen LogP contribution in [0, 0.1) is 20.8 Å². The Balaban J connectivity index is 0.000000200. The smallest absolute Gasteiger partial charge is 0.150 e. The number of carbonyl (C=O) groups excluding carboxylic acids is 2. The number of carbonyl (C=O) groups is 2. The fourth-order valence-electron chi connectivity index (χ4n) is 1.61. The molecule has 0 aromatic heterocycles. The zero-order valence-electron chi connectivity index (χ0n) is 12.0. The van der Waals surface area contributed by atoms with Gasteiger partial charge in [0.2, 0.25) is 0 Å². The van der Waals surface area contributed by atoms with Crippen molar-refractivity contribution in [1.82, 2.24) is 0 Å². The van der Waals surface area contributed by atoms with E-state index in [1.807, 2.05) is 39.0 Å². The van der Waals surface area contributed by atoms with Crippen molar-refractivity contribution in [2.75, 3.05) is 5.73 Å². The van der Waals surface area contributed by atoms with Crippen LogP contribution < -0.4 is 5.73 Å². The maximum atomic E-state index is 10.3. The molecule has 2 N–H and O–H groups in total. The second kappa shape index (κ2) is 7.24. The van der Waals surface area contributed by atoms with Crippen LogP contribution in [-0.4, -0.2) is 12.6 Å². The maximum Gasteiger partial charge on any atom is 0.150 e. The third kappa shape index (κ3) is 4.35. The lowest BCUT2D eigenvalue weighted by Gasteiger charge is -1.97. The van der Waals surface area contributed by atoms with E-state index >= 15 is 0 Å². The molecule has 0 aliphatic carbocycles. The molecule has 2 aromatic carbocycles. The van der Waals surface area contributed by atoms with Gasteiger partial charge in [-0.15, -0.1) is 0 Å². The summed E-state index contributed by atoms with van der Waals surface area (Å²) in [4.78, 5) is 20.5. The largest absolute Gasteiger partial charge is 0.399 e. The Kier molecular flexibility index (Phi) is 5.66. The highest BCUT2D eigenvalue weighted by Gasteiger charge is 1.93. The third-order valence-electron chi connectivity index (χ3n) is 3.10. The van der Waals surface area contributed by atoms with E-state index in [4.69, 9.17) is 5.73 Å². The van der Waals surface area contributed by atoms with Crippen LogP contribution in [-0.2, 0) is 0 Å². The molecule has 2 rings (SSSR count). The first-order chi connectivity index (χ1) is 9.47. The molecular weight excluding hydrogens is 250 g/mol. The lowest BCUT2D eigenvalue weighted by molar-refractivity contribution is 0.111. The van der Waals surface area contributed by atoms with Crippen LogP contribution in [0.25, 0.3) is 0 Å². The molecule has 0 aliphatic heterocycles. The molecule has 0 bridgehead atoms. The van der Waals surface area contributed by atoms with Gasteiger partial charge in [0.25, 0.3) is 0 Å². The SMILES string of the molecule is Cc1cc(C=O)ccc1N.Cc1ccc(C=O)cc1C. The van der Waals surface area contributed by atoms with Gasteiger partial charge in [0.1, 0.15) is 12.6 Å². The molecule has 0 aliphatic rings. The van der Waals surface area contributed by atoms with Gasteiger partial charge in [0.15, 0.2) is 0 Å². The van der Waals surface area contributed by atoms with Crippen molar-refractivity contribution in [3.8, 4) is 0 Å². The number of nitrogens with two attached hydrogens (primary N) is 1. The third-order valence-corrected chi connectivity index (χ3v) is 3.10. The van der Waals surface area contributed by atoms with Crippen LogP contribution in [0.15, 0.2) is 36.4 Å². The van der Waals surface area contributed by atoms with Crippen LogP contribution in [0.2, 0.25) is 0 Å².